The molecule has 0 radical (unpaired) electrons. The second-order valence-electron chi connectivity index (χ2n) is 6.36. The Morgan fingerprint density at radius 1 is 1.40 bits per heavy atom. The molecule has 0 saturated heterocycles. The van der Waals surface area contributed by atoms with E-state index in [0.717, 1.165) is 19.3 Å². The number of carbonyl (C=O) groups excluding carboxylic acids is 3. The van der Waals surface area contributed by atoms with Crippen LogP contribution in [0.25, 0.3) is 0 Å². The van der Waals surface area contributed by atoms with Gasteiger partial charge in [0.1, 0.15) is 10.6 Å². The van der Waals surface area contributed by atoms with Crippen LogP contribution in [0.3, 0.4) is 0 Å². The van der Waals surface area contributed by atoms with Gasteiger partial charge in [-0.3, -0.25) is 14.9 Å². The lowest BCUT2D eigenvalue weighted by Crippen LogP contribution is -2.35. The number of amides is 2. The van der Waals surface area contributed by atoms with Crippen LogP contribution in [0.5, 0.6) is 0 Å². The van der Waals surface area contributed by atoms with Crippen molar-refractivity contribution < 1.29 is 19.1 Å². The summed E-state index contributed by atoms with van der Waals surface area (Å²) in [4.78, 5) is 37.6. The van der Waals surface area contributed by atoms with Gasteiger partial charge in [0.15, 0.2) is 6.61 Å². The number of esters is 1. The fraction of sp³-hybridized carbons (Fsp3) is 0.389. The molecule has 2 aromatic rings. The summed E-state index contributed by atoms with van der Waals surface area (Å²) < 4.78 is 6.65. The van der Waals surface area contributed by atoms with E-state index >= 15 is 0 Å². The van der Waals surface area contributed by atoms with Crippen LogP contribution < -0.4 is 5.32 Å². The van der Waals surface area contributed by atoms with E-state index in [1.54, 1.807) is 29.9 Å². The van der Waals surface area contributed by atoms with E-state index in [-0.39, 0.29) is 0 Å². The van der Waals surface area contributed by atoms with Crippen molar-refractivity contribution in [3.8, 4) is 0 Å². The van der Waals surface area contributed by atoms with Gasteiger partial charge in [-0.2, -0.15) is 0 Å². The first-order valence-corrected chi connectivity index (χ1v) is 9.00. The van der Waals surface area contributed by atoms with Crippen molar-refractivity contribution in [2.75, 3.05) is 6.61 Å². The van der Waals surface area contributed by atoms with E-state index in [9.17, 15) is 14.4 Å². The molecule has 132 valence electrons. The smallest absolute Gasteiger partial charge is 0.348 e. The Hall–Kier alpha value is -2.41. The van der Waals surface area contributed by atoms with E-state index in [0.29, 0.717) is 16.5 Å². The lowest BCUT2D eigenvalue weighted by atomic mass is 9.90. The molecule has 0 aromatic carbocycles. The molecule has 0 unspecified atom stereocenters. The summed E-state index contributed by atoms with van der Waals surface area (Å²) in [6.45, 7) is 1.72. The number of fused-ring (bicyclic) bond motifs is 1. The fourth-order valence-electron chi connectivity index (χ4n) is 2.93. The third-order valence-corrected chi connectivity index (χ3v) is 5.51. The first-order valence-electron chi connectivity index (χ1n) is 8.18. The molecule has 1 N–H and O–H groups in total. The average Bonchev–Trinajstić information content (AvgIpc) is 3.18. The first kappa shape index (κ1) is 17.4. The predicted molar refractivity (Wildman–Crippen MR) is 93.7 cm³/mol. The van der Waals surface area contributed by atoms with Crippen molar-refractivity contribution in [2.45, 2.75) is 26.2 Å². The summed E-state index contributed by atoms with van der Waals surface area (Å²) in [5.41, 5.74) is 1.57. The lowest BCUT2D eigenvalue weighted by molar-refractivity contribution is -0.123. The molecule has 6 nitrogen and oxygen atoms in total. The number of imide groups is 1. The molecule has 1 aliphatic carbocycles. The molecule has 2 heterocycles. The lowest BCUT2D eigenvalue weighted by Gasteiger charge is -2.16. The second kappa shape index (κ2) is 7.23. The molecule has 3 rings (SSSR count). The monoisotopic (exact) mass is 360 g/mol. The number of rotatable bonds is 4. The van der Waals surface area contributed by atoms with Crippen LogP contribution >= 0.6 is 11.3 Å². The van der Waals surface area contributed by atoms with Crippen LogP contribution in [0.1, 0.15) is 43.9 Å². The molecule has 0 bridgehead atoms. The highest BCUT2D eigenvalue weighted by Gasteiger charge is 2.22. The molecular formula is C18H20N2O4S. The highest BCUT2D eigenvalue weighted by Crippen LogP contribution is 2.32. The minimum atomic E-state index is -0.644. The standard InChI is InChI=1S/C18H20N2O4S/c1-11-5-6-14-12(8-11)9-15(25-14)18(23)24-10-16(21)19-17(22)13-4-3-7-20(13)2/h3-4,7,9,11H,5-6,8,10H2,1-2H3,(H,19,21,22)/t11-/m0/s1. The van der Waals surface area contributed by atoms with E-state index in [2.05, 4.69) is 12.2 Å². The number of carbonyl (C=O) groups is 3. The number of hydrogen-bond donors (Lipinski definition) is 1. The fourth-order valence-corrected chi connectivity index (χ4v) is 4.03. The zero-order valence-electron chi connectivity index (χ0n) is 14.2. The Morgan fingerprint density at radius 2 is 2.20 bits per heavy atom. The summed E-state index contributed by atoms with van der Waals surface area (Å²) in [5, 5.41) is 2.21. The summed E-state index contributed by atoms with van der Waals surface area (Å²) in [7, 11) is 1.71. The van der Waals surface area contributed by atoms with Gasteiger partial charge in [0.2, 0.25) is 0 Å². The normalized spacial score (nSPS) is 16.2. The molecule has 2 aromatic heterocycles. The number of nitrogens with one attached hydrogen (secondary N) is 1. The largest absolute Gasteiger partial charge is 0.451 e. The predicted octanol–water partition coefficient (Wildman–Crippen LogP) is 2.32. The van der Waals surface area contributed by atoms with E-state index in [1.165, 1.54) is 21.8 Å². The van der Waals surface area contributed by atoms with Gasteiger partial charge in [-0.25, -0.2) is 4.79 Å². The summed E-state index contributed by atoms with van der Waals surface area (Å²) >= 11 is 1.43. The van der Waals surface area contributed by atoms with Gasteiger partial charge < -0.3 is 9.30 Å². The molecule has 0 spiro atoms. The highest BCUT2D eigenvalue weighted by molar-refractivity contribution is 7.14. The van der Waals surface area contributed by atoms with Gasteiger partial charge in [-0.15, -0.1) is 11.3 Å². The van der Waals surface area contributed by atoms with Gasteiger partial charge in [0.25, 0.3) is 11.8 Å². The number of aromatic nitrogens is 1. The highest BCUT2D eigenvalue weighted by atomic mass is 32.1. The van der Waals surface area contributed by atoms with Crippen LogP contribution in [-0.4, -0.2) is 29.0 Å². The van der Waals surface area contributed by atoms with E-state index in [1.807, 2.05) is 6.07 Å². The average molecular weight is 360 g/mol. The molecule has 0 saturated carbocycles. The van der Waals surface area contributed by atoms with Crippen molar-refractivity contribution in [1.82, 2.24) is 9.88 Å². The van der Waals surface area contributed by atoms with Crippen LogP contribution in [0.2, 0.25) is 0 Å². The third-order valence-electron chi connectivity index (χ3n) is 4.29. The summed E-state index contributed by atoms with van der Waals surface area (Å²) in [6.07, 6.45) is 4.80. The van der Waals surface area contributed by atoms with Crippen molar-refractivity contribution in [3.05, 3.63) is 45.4 Å². The van der Waals surface area contributed by atoms with E-state index < -0.39 is 24.4 Å². The van der Waals surface area contributed by atoms with Crippen LogP contribution in [0.4, 0.5) is 0 Å². The number of ether oxygens (including phenoxy) is 1. The molecule has 2 amide bonds. The Labute approximate surface area is 149 Å². The van der Waals surface area contributed by atoms with E-state index in [4.69, 9.17) is 4.74 Å². The maximum absolute atomic E-state index is 12.1. The molecule has 1 aliphatic rings. The van der Waals surface area contributed by atoms with Crippen LogP contribution in [-0.2, 0) is 29.4 Å². The Balaban J connectivity index is 1.53. The van der Waals surface area contributed by atoms with Crippen molar-refractivity contribution in [3.63, 3.8) is 0 Å². The van der Waals surface area contributed by atoms with Crippen molar-refractivity contribution in [1.29, 1.82) is 0 Å². The molecular weight excluding hydrogens is 340 g/mol. The van der Waals surface area contributed by atoms with Gasteiger partial charge >= 0.3 is 5.97 Å². The Bertz CT molecular complexity index is 821. The van der Waals surface area contributed by atoms with Gasteiger partial charge in [-0.1, -0.05) is 6.92 Å². The molecule has 7 heteroatoms. The quantitative estimate of drug-likeness (QED) is 0.849. The number of aryl methyl sites for hydroxylation is 2. The Kier molecular flexibility index (Phi) is 5.03. The third kappa shape index (κ3) is 3.99. The van der Waals surface area contributed by atoms with Gasteiger partial charge in [-0.05, 0) is 48.9 Å². The van der Waals surface area contributed by atoms with Crippen LogP contribution in [0.15, 0.2) is 24.4 Å². The van der Waals surface area contributed by atoms with Crippen molar-refractivity contribution >= 4 is 29.1 Å². The minimum Gasteiger partial charge on any atom is -0.451 e. The number of thiophene rings is 1. The maximum Gasteiger partial charge on any atom is 0.348 e. The second-order valence-corrected chi connectivity index (χ2v) is 7.50. The Morgan fingerprint density at radius 3 is 2.92 bits per heavy atom. The zero-order chi connectivity index (χ0) is 18.0. The number of hydrogen-bond acceptors (Lipinski definition) is 5. The molecule has 1 atom stereocenters. The molecule has 0 aliphatic heterocycles. The topological polar surface area (TPSA) is 77.4 Å². The first-order chi connectivity index (χ1) is 11.9. The molecule has 0 fully saturated rings. The summed E-state index contributed by atoms with van der Waals surface area (Å²) in [6, 6.07) is 5.18. The van der Waals surface area contributed by atoms with Crippen molar-refractivity contribution in [2.24, 2.45) is 13.0 Å². The summed E-state index contributed by atoms with van der Waals surface area (Å²) in [5.74, 6) is -1.06. The number of nitrogens with zero attached hydrogens (tertiary/aromatic N) is 1. The maximum atomic E-state index is 12.1. The van der Waals surface area contributed by atoms with Gasteiger partial charge in [0.05, 0.1) is 0 Å². The molecule has 25 heavy (non-hydrogen) atoms. The van der Waals surface area contributed by atoms with Gasteiger partial charge in [0, 0.05) is 18.1 Å². The SMILES string of the molecule is C[C@H]1CCc2sc(C(=O)OCC(=O)NC(=O)c3cccn3C)cc2C1. The minimum absolute atomic E-state index is 0.361. The van der Waals surface area contributed by atoms with Crippen LogP contribution in [0, 0.1) is 5.92 Å². The zero-order valence-corrected chi connectivity index (χ0v) is 15.0.